The highest BCUT2D eigenvalue weighted by Crippen LogP contribution is 2.42. The highest BCUT2D eigenvalue weighted by Gasteiger charge is 2.44. The zero-order chi connectivity index (χ0) is 20.6. The van der Waals surface area contributed by atoms with Gasteiger partial charge in [-0.1, -0.05) is 44.2 Å². The van der Waals surface area contributed by atoms with Gasteiger partial charge in [0.15, 0.2) is 0 Å². The van der Waals surface area contributed by atoms with Crippen LogP contribution in [0.1, 0.15) is 34.1 Å². The molecule has 6 heteroatoms. The van der Waals surface area contributed by atoms with Gasteiger partial charge in [-0.25, -0.2) is 0 Å². The van der Waals surface area contributed by atoms with Crippen molar-refractivity contribution in [1.82, 2.24) is 0 Å². The van der Waals surface area contributed by atoms with Crippen LogP contribution in [0.3, 0.4) is 0 Å². The van der Waals surface area contributed by atoms with E-state index < -0.39 is 19.7 Å². The van der Waals surface area contributed by atoms with E-state index in [1.165, 1.54) is 5.39 Å². The van der Waals surface area contributed by atoms with Crippen LogP contribution < -0.4 is 0 Å². The molecule has 3 unspecified atom stereocenters. The van der Waals surface area contributed by atoms with Crippen molar-refractivity contribution in [1.29, 1.82) is 0 Å². The average Bonchev–Trinajstić information content (AvgIpc) is 2.69. The Morgan fingerprint density at radius 1 is 1.11 bits per heavy atom. The summed E-state index contributed by atoms with van der Waals surface area (Å²) in [5.74, 6) is -0.125. The van der Waals surface area contributed by atoms with Gasteiger partial charge >= 0.3 is 5.97 Å². The van der Waals surface area contributed by atoms with Crippen molar-refractivity contribution >= 4 is 37.0 Å². The van der Waals surface area contributed by atoms with Crippen LogP contribution >= 0.6 is 20.2 Å². The lowest BCUT2D eigenvalue weighted by atomic mass is 9.92. The van der Waals surface area contributed by atoms with Crippen LogP contribution in [0.15, 0.2) is 47.4 Å². The fourth-order valence-corrected chi connectivity index (χ4v) is 5.57. The number of rotatable bonds is 11. The average molecular weight is 423 g/mol. The third-order valence-corrected chi connectivity index (χ3v) is 7.32. The maximum absolute atomic E-state index is 12.7. The van der Waals surface area contributed by atoms with E-state index in [1.807, 2.05) is 19.1 Å². The zero-order valence-corrected chi connectivity index (χ0v) is 19.1. The minimum atomic E-state index is -1.32. The highest BCUT2D eigenvalue weighted by atomic mass is 32.2. The van der Waals surface area contributed by atoms with Gasteiger partial charge < -0.3 is 14.0 Å². The van der Waals surface area contributed by atoms with Crippen molar-refractivity contribution in [2.75, 3.05) is 19.0 Å². The first-order valence-electron chi connectivity index (χ1n) is 9.84. The van der Waals surface area contributed by atoms with E-state index in [0.717, 1.165) is 10.3 Å². The van der Waals surface area contributed by atoms with E-state index in [1.54, 1.807) is 18.7 Å². The Bertz CT molecular complexity index is 795. The predicted molar refractivity (Wildman–Crippen MR) is 119 cm³/mol. The van der Waals surface area contributed by atoms with E-state index in [9.17, 15) is 9.36 Å². The van der Waals surface area contributed by atoms with Gasteiger partial charge in [0, 0.05) is 17.3 Å². The minimum Gasteiger partial charge on any atom is -0.466 e. The summed E-state index contributed by atoms with van der Waals surface area (Å²) in [5.41, 5.74) is 0. The Morgan fingerprint density at radius 2 is 1.82 bits per heavy atom. The van der Waals surface area contributed by atoms with Crippen LogP contribution in [-0.2, 0) is 18.8 Å². The standard InChI is InChI=1S/C22H31O4PS/c1-5-25-21(23)20(13-16(3)4)22(27-24,26-6-2)15-28-19-12-11-17-9-7-8-10-18(17)14-19/h7-12,14,16,20H,5-6,13,15,27H2,1-4H3. The summed E-state index contributed by atoms with van der Waals surface area (Å²) in [4.78, 5) is 13.8. The number of esters is 1. The van der Waals surface area contributed by atoms with E-state index in [-0.39, 0.29) is 11.9 Å². The molecule has 0 fully saturated rings. The molecule has 28 heavy (non-hydrogen) atoms. The number of hydrogen-bond acceptors (Lipinski definition) is 5. The first-order chi connectivity index (χ1) is 13.5. The molecule has 0 spiro atoms. The molecule has 0 saturated carbocycles. The third kappa shape index (κ3) is 5.85. The molecule has 2 aromatic carbocycles. The van der Waals surface area contributed by atoms with Gasteiger partial charge in [0.05, 0.1) is 21.0 Å². The number of ether oxygens (including phenoxy) is 2. The normalized spacial score (nSPS) is 15.2. The lowest BCUT2D eigenvalue weighted by Crippen LogP contribution is -2.44. The first kappa shape index (κ1) is 23.0. The molecule has 0 aliphatic heterocycles. The molecule has 0 amide bonds. The molecule has 3 atom stereocenters. The van der Waals surface area contributed by atoms with Gasteiger partial charge in [-0.15, -0.1) is 11.8 Å². The lowest BCUT2D eigenvalue weighted by molar-refractivity contribution is -0.156. The minimum absolute atomic E-state index is 0.269. The number of thioether (sulfide) groups is 1. The smallest absolute Gasteiger partial charge is 0.312 e. The quantitative estimate of drug-likeness (QED) is 0.266. The molecule has 154 valence electrons. The zero-order valence-electron chi connectivity index (χ0n) is 17.1. The lowest BCUT2D eigenvalue weighted by Gasteiger charge is -2.35. The van der Waals surface area contributed by atoms with Crippen LogP contribution in [0.2, 0.25) is 0 Å². The molecule has 2 rings (SSSR count). The molecule has 0 aliphatic rings. The first-order valence-corrected chi connectivity index (χ1v) is 11.9. The molecule has 0 radical (unpaired) electrons. The summed E-state index contributed by atoms with van der Waals surface area (Å²) in [6.45, 7) is 8.49. The molecular weight excluding hydrogens is 391 g/mol. The van der Waals surface area contributed by atoms with Gasteiger partial charge in [0.25, 0.3) is 0 Å². The van der Waals surface area contributed by atoms with Crippen molar-refractivity contribution in [2.45, 2.75) is 44.4 Å². The van der Waals surface area contributed by atoms with E-state index in [2.05, 4.69) is 44.2 Å². The second kappa shape index (κ2) is 11.0. The van der Waals surface area contributed by atoms with E-state index in [0.29, 0.717) is 25.4 Å². The molecule has 0 aliphatic carbocycles. The molecule has 0 heterocycles. The number of hydrogen-bond donors (Lipinski definition) is 0. The third-order valence-electron chi connectivity index (χ3n) is 4.67. The predicted octanol–water partition coefficient (Wildman–Crippen LogP) is 5.65. The summed E-state index contributed by atoms with van der Waals surface area (Å²) in [6, 6.07) is 14.5. The number of carbonyl (C=O) groups is 1. The van der Waals surface area contributed by atoms with Crippen molar-refractivity contribution in [2.24, 2.45) is 11.8 Å². The topological polar surface area (TPSA) is 52.6 Å². The largest absolute Gasteiger partial charge is 0.466 e. The Hall–Kier alpha value is -1.29. The molecule has 0 aromatic heterocycles. The maximum atomic E-state index is 12.7. The fourth-order valence-electron chi connectivity index (χ4n) is 3.32. The number of benzene rings is 2. The van der Waals surface area contributed by atoms with E-state index >= 15 is 0 Å². The van der Waals surface area contributed by atoms with Gasteiger partial charge in [-0.2, -0.15) is 0 Å². The summed E-state index contributed by atoms with van der Waals surface area (Å²) < 4.78 is 23.8. The monoisotopic (exact) mass is 422 g/mol. The Morgan fingerprint density at radius 3 is 2.43 bits per heavy atom. The van der Waals surface area contributed by atoms with Gasteiger partial charge in [-0.05, 0) is 49.1 Å². The summed E-state index contributed by atoms with van der Waals surface area (Å²) in [6.07, 6.45) is 0.590. The molecular formula is C22H31O4PS. The van der Waals surface area contributed by atoms with Crippen LogP contribution in [0.5, 0.6) is 0 Å². The van der Waals surface area contributed by atoms with Gasteiger partial charge in [0.1, 0.15) is 5.34 Å². The van der Waals surface area contributed by atoms with Gasteiger partial charge in [-0.3, -0.25) is 4.79 Å². The Labute approximate surface area is 173 Å². The van der Waals surface area contributed by atoms with Crippen molar-refractivity contribution in [3.05, 3.63) is 42.5 Å². The highest BCUT2D eigenvalue weighted by molar-refractivity contribution is 7.99. The molecule has 4 nitrogen and oxygen atoms in total. The van der Waals surface area contributed by atoms with Crippen molar-refractivity contribution < 1.29 is 18.8 Å². The second-order valence-electron chi connectivity index (χ2n) is 7.24. The Balaban J connectivity index is 2.30. The maximum Gasteiger partial charge on any atom is 0.312 e. The van der Waals surface area contributed by atoms with Crippen molar-refractivity contribution in [3.63, 3.8) is 0 Å². The number of fused-ring (bicyclic) bond motifs is 1. The van der Waals surface area contributed by atoms with Gasteiger partial charge in [0.2, 0.25) is 0 Å². The fraction of sp³-hybridized carbons (Fsp3) is 0.500. The Kier molecular flexibility index (Phi) is 9.07. The van der Waals surface area contributed by atoms with Crippen LogP contribution in [0.4, 0.5) is 0 Å². The summed E-state index contributed by atoms with van der Waals surface area (Å²) >= 11 is 1.59. The molecule has 0 bridgehead atoms. The van der Waals surface area contributed by atoms with Crippen molar-refractivity contribution in [3.8, 4) is 0 Å². The van der Waals surface area contributed by atoms with Crippen LogP contribution in [0.25, 0.3) is 10.8 Å². The molecule has 0 N–H and O–H groups in total. The number of carbonyl (C=O) groups excluding carboxylic acids is 1. The van der Waals surface area contributed by atoms with Crippen LogP contribution in [-0.4, -0.2) is 30.3 Å². The second-order valence-corrected chi connectivity index (χ2v) is 9.50. The van der Waals surface area contributed by atoms with Crippen LogP contribution in [0, 0.1) is 11.8 Å². The summed E-state index contributed by atoms with van der Waals surface area (Å²) in [5, 5.41) is 1.34. The molecule has 2 aromatic rings. The van der Waals surface area contributed by atoms with E-state index in [4.69, 9.17) is 9.47 Å². The molecule has 0 saturated heterocycles. The summed E-state index contributed by atoms with van der Waals surface area (Å²) in [7, 11) is -1.32. The SMILES string of the molecule is CCOC(=O)C(CC(C)C)C(CSc1ccc2ccccc2c1)(OCC)[PH2]=O.